The molecule has 2 nitrogen and oxygen atoms in total. The second-order valence-electron chi connectivity index (χ2n) is 5.90. The molecule has 20 heavy (non-hydrogen) atoms. The van der Waals surface area contributed by atoms with Gasteiger partial charge in [0.2, 0.25) is 0 Å². The molecule has 0 aliphatic carbocycles. The summed E-state index contributed by atoms with van der Waals surface area (Å²) in [5.41, 5.74) is -1.40. The second kappa shape index (κ2) is 4.74. The molecule has 2 aliphatic rings. The van der Waals surface area contributed by atoms with Crippen molar-refractivity contribution in [2.45, 2.75) is 43.5 Å². The van der Waals surface area contributed by atoms with Crippen LogP contribution in [0.25, 0.3) is 0 Å². The highest BCUT2D eigenvalue weighted by atomic mass is 19.4. The van der Waals surface area contributed by atoms with Crippen molar-refractivity contribution in [3.8, 4) is 0 Å². The van der Waals surface area contributed by atoms with Crippen LogP contribution in [0.2, 0.25) is 0 Å². The largest absolute Gasteiger partial charge is 0.416 e. The molecule has 1 aromatic rings. The average Bonchev–Trinajstić information content (AvgIpc) is 2.85. The summed E-state index contributed by atoms with van der Waals surface area (Å²) >= 11 is 0. The Morgan fingerprint density at radius 3 is 2.80 bits per heavy atom. The van der Waals surface area contributed by atoms with Crippen molar-refractivity contribution < 1.29 is 18.3 Å². The summed E-state index contributed by atoms with van der Waals surface area (Å²) in [6, 6.07) is 5.46. The lowest BCUT2D eigenvalue weighted by Gasteiger charge is -2.41. The highest BCUT2D eigenvalue weighted by Gasteiger charge is 2.42. The zero-order valence-corrected chi connectivity index (χ0v) is 11.2. The number of halogens is 3. The van der Waals surface area contributed by atoms with E-state index in [2.05, 4.69) is 4.90 Å². The lowest BCUT2D eigenvalue weighted by molar-refractivity contribution is -0.137. The number of hydrogen-bond donors (Lipinski definition) is 1. The van der Waals surface area contributed by atoms with Gasteiger partial charge in [-0.2, -0.15) is 13.2 Å². The van der Waals surface area contributed by atoms with Crippen LogP contribution < -0.4 is 0 Å². The molecule has 110 valence electrons. The molecule has 0 amide bonds. The fourth-order valence-electron chi connectivity index (χ4n) is 3.49. The molecule has 0 aromatic heterocycles. The third-order valence-corrected chi connectivity index (χ3v) is 4.61. The first-order chi connectivity index (χ1) is 9.38. The third kappa shape index (κ3) is 2.44. The number of alkyl halides is 3. The maximum absolute atomic E-state index is 12.8. The topological polar surface area (TPSA) is 23.5 Å². The van der Waals surface area contributed by atoms with E-state index in [-0.39, 0.29) is 0 Å². The summed E-state index contributed by atoms with van der Waals surface area (Å²) in [5, 5.41) is 10.8. The van der Waals surface area contributed by atoms with Gasteiger partial charge in [-0.05, 0) is 49.9 Å². The van der Waals surface area contributed by atoms with Gasteiger partial charge in [-0.3, -0.25) is 0 Å². The van der Waals surface area contributed by atoms with E-state index in [0.29, 0.717) is 24.4 Å². The molecule has 0 saturated carbocycles. The molecule has 0 bridgehead atoms. The first kappa shape index (κ1) is 13.9. The van der Waals surface area contributed by atoms with Crippen molar-refractivity contribution >= 4 is 0 Å². The van der Waals surface area contributed by atoms with E-state index in [1.165, 1.54) is 6.07 Å². The SMILES string of the molecule is OC1(c2cccc(C(F)(F)F)c2)CCN2CCCC2C1. The van der Waals surface area contributed by atoms with Gasteiger partial charge in [-0.15, -0.1) is 0 Å². The first-order valence-corrected chi connectivity index (χ1v) is 7.03. The molecule has 2 fully saturated rings. The maximum atomic E-state index is 12.8. The fraction of sp³-hybridized carbons (Fsp3) is 0.600. The van der Waals surface area contributed by atoms with Crippen LogP contribution in [0, 0.1) is 0 Å². The van der Waals surface area contributed by atoms with E-state index < -0.39 is 17.3 Å². The van der Waals surface area contributed by atoms with Gasteiger partial charge < -0.3 is 10.0 Å². The minimum Gasteiger partial charge on any atom is -0.385 e. The molecule has 1 N–H and O–H groups in total. The predicted molar refractivity (Wildman–Crippen MR) is 69.2 cm³/mol. The lowest BCUT2D eigenvalue weighted by atomic mass is 9.80. The molecular formula is C15H18F3NO. The summed E-state index contributed by atoms with van der Waals surface area (Å²) in [6.07, 6.45) is -1.18. The number of benzene rings is 1. The van der Waals surface area contributed by atoms with Crippen LogP contribution in [0.15, 0.2) is 24.3 Å². The molecule has 2 unspecified atom stereocenters. The van der Waals surface area contributed by atoms with Crippen molar-refractivity contribution in [2.24, 2.45) is 0 Å². The Bertz CT molecular complexity index is 502. The normalized spacial score (nSPS) is 31.3. The minimum absolute atomic E-state index is 0.309. The van der Waals surface area contributed by atoms with E-state index in [1.807, 2.05) is 0 Å². The molecule has 5 heteroatoms. The number of rotatable bonds is 1. The van der Waals surface area contributed by atoms with Crippen molar-refractivity contribution in [2.75, 3.05) is 13.1 Å². The van der Waals surface area contributed by atoms with Gasteiger partial charge in [-0.1, -0.05) is 12.1 Å². The van der Waals surface area contributed by atoms with Crippen molar-refractivity contribution in [3.63, 3.8) is 0 Å². The molecular weight excluding hydrogens is 267 g/mol. The van der Waals surface area contributed by atoms with Crippen LogP contribution in [0.5, 0.6) is 0 Å². The highest BCUT2D eigenvalue weighted by molar-refractivity contribution is 5.30. The molecule has 1 aromatic carbocycles. The number of nitrogens with zero attached hydrogens (tertiary/aromatic N) is 1. The van der Waals surface area contributed by atoms with Gasteiger partial charge in [0, 0.05) is 12.6 Å². The van der Waals surface area contributed by atoms with Gasteiger partial charge in [0.05, 0.1) is 11.2 Å². The molecule has 0 spiro atoms. The Balaban J connectivity index is 1.88. The number of hydrogen-bond acceptors (Lipinski definition) is 2. The Morgan fingerprint density at radius 2 is 2.05 bits per heavy atom. The summed E-state index contributed by atoms with van der Waals surface area (Å²) in [4.78, 5) is 2.34. The van der Waals surface area contributed by atoms with E-state index in [0.717, 1.165) is 38.1 Å². The zero-order valence-electron chi connectivity index (χ0n) is 11.2. The third-order valence-electron chi connectivity index (χ3n) is 4.61. The van der Waals surface area contributed by atoms with E-state index in [9.17, 15) is 18.3 Å². The summed E-state index contributed by atoms with van der Waals surface area (Å²) in [5.74, 6) is 0. The Morgan fingerprint density at radius 1 is 1.25 bits per heavy atom. The maximum Gasteiger partial charge on any atom is 0.416 e. The fourth-order valence-corrected chi connectivity index (χ4v) is 3.49. The van der Waals surface area contributed by atoms with Gasteiger partial charge in [0.25, 0.3) is 0 Å². The van der Waals surface area contributed by atoms with Crippen LogP contribution in [0.1, 0.15) is 36.8 Å². The summed E-state index contributed by atoms with van der Waals surface area (Å²) < 4.78 is 38.4. The van der Waals surface area contributed by atoms with E-state index in [4.69, 9.17) is 0 Å². The van der Waals surface area contributed by atoms with E-state index in [1.54, 1.807) is 6.07 Å². The second-order valence-corrected chi connectivity index (χ2v) is 5.90. The number of aliphatic hydroxyl groups is 1. The van der Waals surface area contributed by atoms with Crippen LogP contribution in [0.3, 0.4) is 0 Å². The van der Waals surface area contributed by atoms with E-state index >= 15 is 0 Å². The van der Waals surface area contributed by atoms with Crippen molar-refractivity contribution in [1.82, 2.24) is 4.90 Å². The molecule has 2 heterocycles. The smallest absolute Gasteiger partial charge is 0.385 e. The Labute approximate surface area is 116 Å². The predicted octanol–water partition coefficient (Wildman–Crippen LogP) is 3.15. The average molecular weight is 285 g/mol. The van der Waals surface area contributed by atoms with Crippen LogP contribution >= 0.6 is 0 Å². The molecule has 3 rings (SSSR count). The van der Waals surface area contributed by atoms with Crippen LogP contribution in [-0.2, 0) is 11.8 Å². The van der Waals surface area contributed by atoms with Gasteiger partial charge in [0.15, 0.2) is 0 Å². The number of fused-ring (bicyclic) bond motifs is 1. The Hall–Kier alpha value is -1.07. The molecule has 0 radical (unpaired) electrons. The van der Waals surface area contributed by atoms with Crippen molar-refractivity contribution in [3.05, 3.63) is 35.4 Å². The van der Waals surface area contributed by atoms with Gasteiger partial charge in [0.1, 0.15) is 0 Å². The monoisotopic (exact) mass is 285 g/mol. The van der Waals surface area contributed by atoms with Gasteiger partial charge >= 0.3 is 6.18 Å². The first-order valence-electron chi connectivity index (χ1n) is 7.03. The van der Waals surface area contributed by atoms with Crippen LogP contribution in [-0.4, -0.2) is 29.1 Å². The Kier molecular flexibility index (Phi) is 3.29. The van der Waals surface area contributed by atoms with Crippen LogP contribution in [0.4, 0.5) is 13.2 Å². The standard InChI is InChI=1S/C15H18F3NO/c16-15(17,18)12-4-1-3-11(9-12)14(20)6-8-19-7-2-5-13(19)10-14/h1,3-4,9,13,20H,2,5-8,10H2. The minimum atomic E-state index is -4.36. The molecule has 2 atom stereocenters. The lowest BCUT2D eigenvalue weighted by Crippen LogP contribution is -2.46. The summed E-state index contributed by atoms with van der Waals surface area (Å²) in [6.45, 7) is 1.81. The summed E-state index contributed by atoms with van der Waals surface area (Å²) in [7, 11) is 0. The molecule has 2 aliphatic heterocycles. The van der Waals surface area contributed by atoms with Crippen molar-refractivity contribution in [1.29, 1.82) is 0 Å². The zero-order chi connectivity index (χ0) is 14.4. The highest BCUT2D eigenvalue weighted by Crippen LogP contribution is 2.41. The van der Waals surface area contributed by atoms with Gasteiger partial charge in [-0.25, -0.2) is 0 Å². The quantitative estimate of drug-likeness (QED) is 0.857. The molecule has 2 saturated heterocycles. The number of piperidine rings is 1.